The second kappa shape index (κ2) is 7.13. The number of aromatic nitrogens is 1. The van der Waals surface area contributed by atoms with Crippen molar-refractivity contribution in [3.8, 4) is 10.8 Å². The Morgan fingerprint density at radius 2 is 2.04 bits per heavy atom. The summed E-state index contributed by atoms with van der Waals surface area (Å²) in [7, 11) is 0. The van der Waals surface area contributed by atoms with Crippen LogP contribution in [0, 0.1) is 5.92 Å². The van der Waals surface area contributed by atoms with Gasteiger partial charge < -0.3 is 14.5 Å². The standard InChI is InChI=1S/C19H16N2O4S/c22-17(12-3-4-12)20-14-7-5-13(6-8-14)19(23)25-11-15-10-24-18(21-15)16-2-1-9-26-16/h1-2,5-10,12H,3-4,11H2,(H,20,22). The predicted molar refractivity (Wildman–Crippen MR) is 96.7 cm³/mol. The fraction of sp³-hybridized carbons (Fsp3) is 0.211. The number of rotatable bonds is 6. The zero-order valence-electron chi connectivity index (χ0n) is 13.8. The van der Waals surface area contributed by atoms with Gasteiger partial charge in [0.1, 0.15) is 18.6 Å². The molecule has 0 saturated heterocycles. The van der Waals surface area contributed by atoms with Crippen molar-refractivity contribution in [2.24, 2.45) is 5.92 Å². The number of carbonyl (C=O) groups excluding carboxylic acids is 2. The van der Waals surface area contributed by atoms with E-state index in [-0.39, 0.29) is 18.4 Å². The first-order valence-electron chi connectivity index (χ1n) is 8.25. The van der Waals surface area contributed by atoms with Gasteiger partial charge in [-0.25, -0.2) is 9.78 Å². The number of carbonyl (C=O) groups is 2. The van der Waals surface area contributed by atoms with Crippen LogP contribution in [0.2, 0.25) is 0 Å². The van der Waals surface area contributed by atoms with E-state index in [1.165, 1.54) is 17.6 Å². The maximum atomic E-state index is 12.1. The second-order valence-corrected chi connectivity index (χ2v) is 6.99. The van der Waals surface area contributed by atoms with E-state index in [1.54, 1.807) is 24.3 Å². The highest BCUT2D eigenvalue weighted by atomic mass is 32.1. The van der Waals surface area contributed by atoms with Crippen LogP contribution in [-0.4, -0.2) is 16.9 Å². The van der Waals surface area contributed by atoms with Gasteiger partial charge in [-0.2, -0.15) is 0 Å². The summed E-state index contributed by atoms with van der Waals surface area (Å²) < 4.78 is 10.7. The molecule has 7 heteroatoms. The van der Waals surface area contributed by atoms with E-state index < -0.39 is 5.97 Å². The van der Waals surface area contributed by atoms with Gasteiger partial charge in [-0.1, -0.05) is 6.07 Å². The number of hydrogen-bond acceptors (Lipinski definition) is 6. The number of esters is 1. The molecule has 1 fully saturated rings. The van der Waals surface area contributed by atoms with E-state index in [4.69, 9.17) is 9.15 Å². The third kappa shape index (κ3) is 3.83. The molecule has 0 aliphatic heterocycles. The summed E-state index contributed by atoms with van der Waals surface area (Å²) in [4.78, 5) is 29.1. The van der Waals surface area contributed by atoms with Crippen molar-refractivity contribution in [1.29, 1.82) is 0 Å². The lowest BCUT2D eigenvalue weighted by molar-refractivity contribution is -0.117. The van der Waals surface area contributed by atoms with E-state index in [2.05, 4.69) is 10.3 Å². The van der Waals surface area contributed by atoms with Crippen molar-refractivity contribution >= 4 is 28.9 Å². The van der Waals surface area contributed by atoms with Gasteiger partial charge in [0, 0.05) is 11.6 Å². The van der Waals surface area contributed by atoms with E-state index in [9.17, 15) is 9.59 Å². The molecule has 2 aromatic heterocycles. The highest BCUT2D eigenvalue weighted by Gasteiger charge is 2.29. The molecule has 2 heterocycles. The van der Waals surface area contributed by atoms with Crippen LogP contribution in [0.25, 0.3) is 10.8 Å². The minimum atomic E-state index is -0.453. The number of anilines is 1. The molecule has 1 aromatic carbocycles. The Hall–Kier alpha value is -2.93. The predicted octanol–water partition coefficient (Wildman–Crippen LogP) is 4.11. The van der Waals surface area contributed by atoms with E-state index in [0.29, 0.717) is 22.8 Å². The summed E-state index contributed by atoms with van der Waals surface area (Å²) in [6.07, 6.45) is 3.39. The third-order valence-corrected chi connectivity index (χ3v) is 4.83. The normalized spacial score (nSPS) is 13.4. The number of benzene rings is 1. The van der Waals surface area contributed by atoms with Gasteiger partial charge >= 0.3 is 5.97 Å². The minimum absolute atomic E-state index is 0.0351. The topological polar surface area (TPSA) is 81.4 Å². The molecule has 0 spiro atoms. The molecule has 132 valence electrons. The van der Waals surface area contributed by atoms with Crippen molar-refractivity contribution in [3.63, 3.8) is 0 Å². The van der Waals surface area contributed by atoms with Crippen molar-refractivity contribution < 1.29 is 18.7 Å². The Morgan fingerprint density at radius 3 is 2.73 bits per heavy atom. The molecule has 6 nitrogen and oxygen atoms in total. The second-order valence-electron chi connectivity index (χ2n) is 6.04. The fourth-order valence-electron chi connectivity index (χ4n) is 2.39. The van der Waals surface area contributed by atoms with Crippen LogP contribution in [0.5, 0.6) is 0 Å². The summed E-state index contributed by atoms with van der Waals surface area (Å²) in [6.45, 7) is 0.0356. The Morgan fingerprint density at radius 1 is 1.23 bits per heavy atom. The van der Waals surface area contributed by atoms with Crippen LogP contribution < -0.4 is 5.32 Å². The lowest BCUT2D eigenvalue weighted by Gasteiger charge is -2.06. The first-order chi connectivity index (χ1) is 12.7. The lowest BCUT2D eigenvalue weighted by atomic mass is 10.2. The van der Waals surface area contributed by atoms with E-state index in [0.717, 1.165) is 17.7 Å². The van der Waals surface area contributed by atoms with Crippen LogP contribution >= 0.6 is 11.3 Å². The summed E-state index contributed by atoms with van der Waals surface area (Å²) in [6, 6.07) is 10.5. The monoisotopic (exact) mass is 368 g/mol. The van der Waals surface area contributed by atoms with Gasteiger partial charge in [-0.05, 0) is 48.6 Å². The highest BCUT2D eigenvalue weighted by molar-refractivity contribution is 7.13. The van der Waals surface area contributed by atoms with Crippen LogP contribution in [0.4, 0.5) is 5.69 Å². The smallest absolute Gasteiger partial charge is 0.338 e. The molecule has 0 atom stereocenters. The number of thiophene rings is 1. The number of ether oxygens (including phenoxy) is 1. The van der Waals surface area contributed by atoms with Crippen LogP contribution in [-0.2, 0) is 16.1 Å². The number of hydrogen-bond donors (Lipinski definition) is 1. The van der Waals surface area contributed by atoms with Crippen molar-refractivity contribution in [2.75, 3.05) is 5.32 Å². The summed E-state index contributed by atoms with van der Waals surface area (Å²) >= 11 is 1.53. The molecule has 26 heavy (non-hydrogen) atoms. The molecule has 3 aromatic rings. The average Bonchev–Trinajstić information content (AvgIpc) is 3.17. The Labute approximate surface area is 153 Å². The number of amides is 1. The SMILES string of the molecule is O=C(OCc1coc(-c2cccs2)n1)c1ccc(NC(=O)C2CC2)cc1. The number of oxazole rings is 1. The minimum Gasteiger partial charge on any atom is -0.455 e. The molecule has 0 bridgehead atoms. The van der Waals surface area contributed by atoms with Gasteiger partial charge in [0.2, 0.25) is 11.8 Å². The van der Waals surface area contributed by atoms with Crippen molar-refractivity contribution in [1.82, 2.24) is 4.98 Å². The maximum Gasteiger partial charge on any atom is 0.338 e. The van der Waals surface area contributed by atoms with Gasteiger partial charge in [0.05, 0.1) is 10.4 Å². The van der Waals surface area contributed by atoms with E-state index >= 15 is 0 Å². The van der Waals surface area contributed by atoms with Gasteiger partial charge in [0.15, 0.2) is 0 Å². The lowest BCUT2D eigenvalue weighted by Crippen LogP contribution is -2.13. The molecular weight excluding hydrogens is 352 g/mol. The quantitative estimate of drug-likeness (QED) is 0.662. The molecule has 1 N–H and O–H groups in total. The van der Waals surface area contributed by atoms with Gasteiger partial charge in [0.25, 0.3) is 0 Å². The zero-order valence-corrected chi connectivity index (χ0v) is 14.6. The molecule has 1 amide bonds. The summed E-state index contributed by atoms with van der Waals surface area (Å²) in [5.41, 5.74) is 1.64. The summed E-state index contributed by atoms with van der Waals surface area (Å²) in [5, 5.41) is 4.77. The van der Waals surface area contributed by atoms with Crippen molar-refractivity contribution in [2.45, 2.75) is 19.4 Å². The highest BCUT2D eigenvalue weighted by Crippen LogP contribution is 2.30. The Bertz CT molecular complexity index is 911. The third-order valence-electron chi connectivity index (χ3n) is 3.97. The number of nitrogens with zero attached hydrogens (tertiary/aromatic N) is 1. The van der Waals surface area contributed by atoms with Crippen molar-refractivity contribution in [3.05, 3.63) is 59.3 Å². The zero-order chi connectivity index (χ0) is 17.9. The van der Waals surface area contributed by atoms with Crippen LogP contribution in [0.3, 0.4) is 0 Å². The summed E-state index contributed by atoms with van der Waals surface area (Å²) in [5.74, 6) is 0.238. The first kappa shape index (κ1) is 16.5. The molecule has 0 radical (unpaired) electrons. The Balaban J connectivity index is 1.32. The van der Waals surface area contributed by atoms with Gasteiger partial charge in [-0.3, -0.25) is 4.79 Å². The average molecular weight is 368 g/mol. The molecule has 1 aliphatic carbocycles. The fourth-order valence-corrected chi connectivity index (χ4v) is 3.04. The van der Waals surface area contributed by atoms with Crippen LogP contribution in [0.15, 0.2) is 52.5 Å². The largest absolute Gasteiger partial charge is 0.455 e. The number of nitrogens with one attached hydrogen (secondary N) is 1. The van der Waals surface area contributed by atoms with Crippen LogP contribution in [0.1, 0.15) is 28.9 Å². The molecule has 1 saturated carbocycles. The molecule has 0 unspecified atom stereocenters. The molecular formula is C19H16N2O4S. The molecule has 1 aliphatic rings. The first-order valence-corrected chi connectivity index (χ1v) is 9.13. The van der Waals surface area contributed by atoms with E-state index in [1.807, 2.05) is 17.5 Å². The Kier molecular flexibility index (Phi) is 4.53. The van der Waals surface area contributed by atoms with Gasteiger partial charge in [-0.15, -0.1) is 11.3 Å². The molecule has 4 rings (SSSR count). The maximum absolute atomic E-state index is 12.1.